The maximum atomic E-state index is 13.7. The molecular weight excluding hydrogens is 408 g/mol. The molecule has 1 amide bonds. The van der Waals surface area contributed by atoms with Crippen LogP contribution in [0.2, 0.25) is 0 Å². The molecule has 0 fully saturated rings. The number of para-hydroxylation sites is 2. The zero-order chi connectivity index (χ0) is 21.4. The summed E-state index contributed by atoms with van der Waals surface area (Å²) in [5, 5.41) is 1.23. The Morgan fingerprint density at radius 1 is 1.10 bits per heavy atom. The van der Waals surface area contributed by atoms with E-state index in [-0.39, 0.29) is 11.9 Å². The first kappa shape index (κ1) is 19.8. The Balaban J connectivity index is 1.64. The molecule has 6 heteroatoms. The summed E-state index contributed by atoms with van der Waals surface area (Å²) in [7, 11) is 3.34. The van der Waals surface area contributed by atoms with Gasteiger partial charge in [0.2, 0.25) is 0 Å². The number of benzene rings is 2. The van der Waals surface area contributed by atoms with Gasteiger partial charge in [0.05, 0.1) is 18.6 Å². The van der Waals surface area contributed by atoms with Crippen LogP contribution in [0.5, 0.6) is 5.75 Å². The zero-order valence-corrected chi connectivity index (χ0v) is 18.4. The predicted octanol–water partition coefficient (Wildman–Crippen LogP) is 5.17. The molecule has 0 radical (unpaired) electrons. The fourth-order valence-corrected chi connectivity index (χ4v) is 5.47. The number of methoxy groups -OCH3 is 2. The molecule has 2 aromatic carbocycles. The van der Waals surface area contributed by atoms with Gasteiger partial charge in [-0.15, -0.1) is 11.3 Å². The van der Waals surface area contributed by atoms with E-state index >= 15 is 0 Å². The number of nitrogens with one attached hydrogen (secondary N) is 1. The van der Waals surface area contributed by atoms with Crippen LogP contribution in [0.4, 0.5) is 0 Å². The smallest absolute Gasteiger partial charge is 0.264 e. The molecule has 4 aromatic rings. The second-order valence-electron chi connectivity index (χ2n) is 7.65. The van der Waals surface area contributed by atoms with Gasteiger partial charge >= 0.3 is 0 Å². The lowest BCUT2D eigenvalue weighted by molar-refractivity contribution is 0.0695. The van der Waals surface area contributed by atoms with Crippen molar-refractivity contribution < 1.29 is 14.3 Å². The van der Waals surface area contributed by atoms with E-state index < -0.39 is 0 Å². The van der Waals surface area contributed by atoms with Crippen molar-refractivity contribution in [2.75, 3.05) is 20.8 Å². The number of hydrogen-bond donors (Lipinski definition) is 1. The third kappa shape index (κ3) is 3.42. The number of hydrogen-bond acceptors (Lipinski definition) is 4. The molecule has 1 atom stereocenters. The Labute approximate surface area is 185 Å². The second-order valence-corrected chi connectivity index (χ2v) is 8.82. The number of amides is 1. The molecule has 3 heterocycles. The number of H-pyrrole nitrogens is 1. The van der Waals surface area contributed by atoms with E-state index in [1.807, 2.05) is 41.3 Å². The zero-order valence-electron chi connectivity index (χ0n) is 17.6. The number of carbonyl (C=O) groups is 1. The summed E-state index contributed by atoms with van der Waals surface area (Å²) in [6.45, 7) is 1.16. The fourth-order valence-electron chi connectivity index (χ4n) is 4.53. The molecule has 1 aliphatic rings. The van der Waals surface area contributed by atoms with Crippen molar-refractivity contribution in [2.45, 2.75) is 19.1 Å². The Hall–Kier alpha value is -3.09. The van der Waals surface area contributed by atoms with Crippen LogP contribution < -0.4 is 4.74 Å². The van der Waals surface area contributed by atoms with Crippen molar-refractivity contribution in [1.29, 1.82) is 0 Å². The minimum absolute atomic E-state index is 0.0348. The van der Waals surface area contributed by atoms with Crippen LogP contribution in [0.3, 0.4) is 0 Å². The van der Waals surface area contributed by atoms with Gasteiger partial charge in [-0.2, -0.15) is 0 Å². The van der Waals surface area contributed by atoms with E-state index in [0.29, 0.717) is 13.2 Å². The molecule has 158 valence electrons. The normalized spacial score (nSPS) is 15.8. The lowest BCUT2D eigenvalue weighted by Gasteiger charge is -2.36. The van der Waals surface area contributed by atoms with Crippen LogP contribution >= 0.6 is 11.3 Å². The molecule has 1 aliphatic heterocycles. The van der Waals surface area contributed by atoms with E-state index in [1.54, 1.807) is 14.2 Å². The molecule has 0 saturated heterocycles. The van der Waals surface area contributed by atoms with Crippen LogP contribution in [0.15, 0.2) is 60.7 Å². The van der Waals surface area contributed by atoms with Crippen molar-refractivity contribution in [3.8, 4) is 5.75 Å². The number of carbonyl (C=O) groups excluding carboxylic acids is 1. The minimum Gasteiger partial charge on any atom is -0.496 e. The summed E-state index contributed by atoms with van der Waals surface area (Å²) in [4.78, 5) is 21.0. The lowest BCUT2D eigenvalue weighted by atomic mass is 9.91. The highest BCUT2D eigenvalue weighted by Gasteiger charge is 2.36. The quantitative estimate of drug-likeness (QED) is 0.473. The summed E-state index contributed by atoms with van der Waals surface area (Å²) in [5.41, 5.74) is 4.43. The summed E-state index contributed by atoms with van der Waals surface area (Å²) in [5.74, 6) is 0.815. The van der Waals surface area contributed by atoms with Crippen LogP contribution in [0.1, 0.15) is 37.4 Å². The van der Waals surface area contributed by atoms with Crippen LogP contribution in [0, 0.1) is 0 Å². The van der Waals surface area contributed by atoms with Gasteiger partial charge in [0, 0.05) is 40.7 Å². The molecule has 1 N–H and O–H groups in total. The summed E-state index contributed by atoms with van der Waals surface area (Å²) in [6.07, 6.45) is 0.813. The van der Waals surface area contributed by atoms with Crippen molar-refractivity contribution >= 4 is 28.1 Å². The maximum absolute atomic E-state index is 13.7. The number of aromatic nitrogens is 1. The Morgan fingerprint density at radius 2 is 1.90 bits per heavy atom. The molecule has 2 aromatic heterocycles. The Bertz CT molecular complexity index is 1240. The van der Waals surface area contributed by atoms with Gasteiger partial charge in [-0.1, -0.05) is 36.4 Å². The van der Waals surface area contributed by atoms with Crippen LogP contribution in [-0.2, 0) is 17.8 Å². The molecule has 5 nitrogen and oxygen atoms in total. The molecule has 0 saturated carbocycles. The summed E-state index contributed by atoms with van der Waals surface area (Å²) in [6, 6.07) is 19.9. The first-order chi connectivity index (χ1) is 15.2. The van der Waals surface area contributed by atoms with Gasteiger partial charge in [0.15, 0.2) is 0 Å². The van der Waals surface area contributed by atoms with Crippen molar-refractivity contribution in [2.24, 2.45) is 0 Å². The monoisotopic (exact) mass is 432 g/mol. The lowest BCUT2D eigenvalue weighted by Crippen LogP contribution is -2.40. The van der Waals surface area contributed by atoms with Gasteiger partial charge < -0.3 is 19.4 Å². The number of thiophene rings is 1. The number of ether oxygens (including phenoxy) is 2. The van der Waals surface area contributed by atoms with Crippen molar-refractivity contribution in [3.63, 3.8) is 0 Å². The second kappa shape index (κ2) is 8.21. The Morgan fingerprint density at radius 3 is 2.74 bits per heavy atom. The third-order valence-corrected chi connectivity index (χ3v) is 6.93. The van der Waals surface area contributed by atoms with E-state index in [9.17, 15) is 4.79 Å². The largest absolute Gasteiger partial charge is 0.496 e. The molecule has 0 spiro atoms. The van der Waals surface area contributed by atoms with Gasteiger partial charge in [-0.25, -0.2) is 0 Å². The standard InChI is InChI=1S/C25H24N2O3S/c1-29-15-16-11-12-22(31-16)25(28)27-14-13-18-17-7-3-5-9-20(17)26-23(18)24(27)19-8-4-6-10-21(19)30-2/h3-12,24,26H,13-15H2,1-2H3/t24-/m1/s1. The molecule has 5 rings (SSSR count). The highest BCUT2D eigenvalue weighted by atomic mass is 32.1. The van der Waals surface area contributed by atoms with Gasteiger partial charge in [0.25, 0.3) is 5.91 Å². The van der Waals surface area contributed by atoms with Gasteiger partial charge in [-0.05, 0) is 36.2 Å². The van der Waals surface area contributed by atoms with E-state index in [2.05, 4.69) is 29.2 Å². The summed E-state index contributed by atoms with van der Waals surface area (Å²) >= 11 is 1.50. The van der Waals surface area contributed by atoms with Crippen LogP contribution in [-0.4, -0.2) is 36.6 Å². The minimum atomic E-state index is -0.243. The van der Waals surface area contributed by atoms with Crippen molar-refractivity contribution in [3.05, 3.63) is 87.2 Å². The Kier molecular flexibility index (Phi) is 5.26. The van der Waals surface area contributed by atoms with Gasteiger partial charge in [0.1, 0.15) is 11.8 Å². The van der Waals surface area contributed by atoms with E-state index in [4.69, 9.17) is 9.47 Å². The van der Waals surface area contributed by atoms with Crippen LogP contribution in [0.25, 0.3) is 10.9 Å². The molecular formula is C25H24N2O3S. The first-order valence-electron chi connectivity index (χ1n) is 10.3. The number of nitrogens with zero attached hydrogens (tertiary/aromatic N) is 1. The van der Waals surface area contributed by atoms with Crippen molar-refractivity contribution in [1.82, 2.24) is 9.88 Å². The highest BCUT2D eigenvalue weighted by Crippen LogP contribution is 2.42. The number of fused-ring (bicyclic) bond motifs is 3. The average molecular weight is 433 g/mol. The molecule has 31 heavy (non-hydrogen) atoms. The predicted molar refractivity (Wildman–Crippen MR) is 123 cm³/mol. The summed E-state index contributed by atoms with van der Waals surface area (Å²) < 4.78 is 10.9. The topological polar surface area (TPSA) is 54.6 Å². The first-order valence-corrected chi connectivity index (χ1v) is 11.1. The third-order valence-electron chi connectivity index (χ3n) is 5.89. The maximum Gasteiger partial charge on any atom is 0.264 e. The fraction of sp³-hybridized carbons (Fsp3) is 0.240. The number of rotatable bonds is 5. The number of aromatic amines is 1. The van der Waals surface area contributed by atoms with E-state index in [1.165, 1.54) is 22.3 Å². The SMILES string of the molecule is COCc1ccc(C(=O)N2CCc3c([nH]c4ccccc34)[C@H]2c2ccccc2OC)s1. The van der Waals surface area contributed by atoms with E-state index in [0.717, 1.165) is 38.7 Å². The molecule has 0 aliphatic carbocycles. The molecule has 0 unspecified atom stereocenters. The average Bonchev–Trinajstić information content (AvgIpc) is 3.43. The highest BCUT2D eigenvalue weighted by molar-refractivity contribution is 7.14. The molecule has 0 bridgehead atoms. The van der Waals surface area contributed by atoms with Gasteiger partial charge in [-0.3, -0.25) is 4.79 Å².